The van der Waals surface area contributed by atoms with Crippen molar-refractivity contribution in [1.82, 2.24) is 5.32 Å². The van der Waals surface area contributed by atoms with Gasteiger partial charge in [-0.25, -0.2) is 4.99 Å². The number of carbonyl (C=O) groups excluding carboxylic acids is 1. The van der Waals surface area contributed by atoms with Crippen molar-refractivity contribution >= 4 is 30.0 Å². The van der Waals surface area contributed by atoms with Crippen LogP contribution in [-0.2, 0) is 20.5 Å². The minimum Gasteiger partial charge on any atom is -0.399 e. The molecule has 7 heteroatoms. The van der Waals surface area contributed by atoms with Crippen LogP contribution in [0.2, 0.25) is 0 Å². The van der Waals surface area contributed by atoms with Gasteiger partial charge in [0.25, 0.3) is 5.91 Å². The molecular weight excluding hydrogens is 449 g/mol. The van der Waals surface area contributed by atoms with Crippen molar-refractivity contribution in [3.63, 3.8) is 0 Å². The van der Waals surface area contributed by atoms with Crippen molar-refractivity contribution in [1.29, 1.82) is 0 Å². The Bertz CT molecular complexity index is 960. The number of unbranched alkanes of at least 4 members (excludes halogenated alkanes) is 2. The second kappa shape index (κ2) is 12.0. The molecule has 200 valence electrons. The van der Waals surface area contributed by atoms with Crippen LogP contribution in [0.25, 0.3) is 0 Å². The van der Waals surface area contributed by atoms with Gasteiger partial charge in [0, 0.05) is 18.2 Å². The molecule has 6 nitrogen and oxygen atoms in total. The second-order valence-electron chi connectivity index (χ2n) is 11.9. The molecule has 1 aliphatic heterocycles. The molecule has 0 aliphatic carbocycles. The molecule has 1 amide bonds. The maximum atomic E-state index is 13.3. The summed E-state index contributed by atoms with van der Waals surface area (Å²) in [6.45, 7) is 20.8. The second-order valence-corrected chi connectivity index (χ2v) is 11.9. The molecule has 0 saturated carbocycles. The summed E-state index contributed by atoms with van der Waals surface area (Å²) >= 11 is 0. The van der Waals surface area contributed by atoms with Crippen LogP contribution in [0.5, 0.6) is 0 Å². The minimum atomic E-state index is -0.406. The van der Waals surface area contributed by atoms with Gasteiger partial charge in [-0.15, -0.1) is 0 Å². The first kappa shape index (κ1) is 30.2. The van der Waals surface area contributed by atoms with Crippen LogP contribution in [0, 0.1) is 5.41 Å². The number of nitrogens with one attached hydrogen (secondary N) is 1. The van der Waals surface area contributed by atoms with Crippen LogP contribution in [0.15, 0.2) is 28.2 Å². The maximum absolute atomic E-state index is 13.3. The molecule has 1 fully saturated rings. The minimum absolute atomic E-state index is 0.117. The van der Waals surface area contributed by atoms with Gasteiger partial charge in [0.15, 0.2) is 0 Å². The van der Waals surface area contributed by atoms with Gasteiger partial charge in [-0.2, -0.15) is 0 Å². The lowest BCUT2D eigenvalue weighted by Gasteiger charge is -2.32. The van der Waals surface area contributed by atoms with Gasteiger partial charge >= 0.3 is 7.12 Å². The summed E-state index contributed by atoms with van der Waals surface area (Å²) in [5.41, 5.74) is 3.30. The zero-order chi connectivity index (χ0) is 27.3. The molecule has 0 bridgehead atoms. The summed E-state index contributed by atoms with van der Waals surface area (Å²) in [5.74, 6) is -0.0190. The Kier molecular flexibility index (Phi) is 10.1. The van der Waals surface area contributed by atoms with E-state index in [1.165, 1.54) is 5.56 Å². The number of hydrogen-bond acceptors (Lipinski definition) is 4. The summed E-state index contributed by atoms with van der Waals surface area (Å²) in [5, 5.41) is 3.25. The normalized spacial score (nSPS) is 18.9. The lowest BCUT2D eigenvalue weighted by molar-refractivity contribution is -0.115. The average molecular weight is 498 g/mol. The molecule has 0 radical (unpaired) electrons. The van der Waals surface area contributed by atoms with Gasteiger partial charge in [-0.3, -0.25) is 9.79 Å². The first-order chi connectivity index (χ1) is 16.7. The number of rotatable bonds is 8. The Morgan fingerprint density at radius 3 is 2.19 bits per heavy atom. The van der Waals surface area contributed by atoms with E-state index in [1.54, 1.807) is 7.05 Å². The molecule has 1 aliphatic rings. The van der Waals surface area contributed by atoms with Gasteiger partial charge < -0.3 is 14.6 Å². The standard InChI is InChI=1S/C29H48BN3O3/c1-12-14-15-16-24(33-26(34)25(31-11)32-20(3)27(4,5)6)23-18-17-22(19-21(23)13-2)30-35-28(7,8)29(9,10)36-30/h17-19,24H,12-16H2,1-11H3,(H,33,34). The Balaban J connectivity index is 2.36. The van der Waals surface area contributed by atoms with Crippen molar-refractivity contribution in [2.45, 2.75) is 119 Å². The summed E-state index contributed by atoms with van der Waals surface area (Å²) in [6, 6.07) is 6.26. The molecule has 36 heavy (non-hydrogen) atoms. The lowest BCUT2D eigenvalue weighted by atomic mass is 9.76. The number of hydrogen-bond donors (Lipinski definition) is 1. The topological polar surface area (TPSA) is 72.3 Å². The number of nitrogens with zero attached hydrogens (tertiary/aromatic N) is 2. The van der Waals surface area contributed by atoms with Crippen LogP contribution >= 0.6 is 0 Å². The molecule has 1 aromatic rings. The predicted octanol–water partition coefficient (Wildman–Crippen LogP) is 5.82. The van der Waals surface area contributed by atoms with Gasteiger partial charge in [0.2, 0.25) is 5.84 Å². The third-order valence-electron chi connectivity index (χ3n) is 7.62. The van der Waals surface area contributed by atoms with Crippen molar-refractivity contribution in [3.8, 4) is 0 Å². The van der Waals surface area contributed by atoms with Crippen molar-refractivity contribution in [2.24, 2.45) is 15.4 Å². The summed E-state index contributed by atoms with van der Waals surface area (Å²) < 4.78 is 12.6. The van der Waals surface area contributed by atoms with Crippen molar-refractivity contribution < 1.29 is 14.1 Å². The number of aryl methyl sites for hydroxylation is 1. The third kappa shape index (κ3) is 7.29. The van der Waals surface area contributed by atoms with Crippen molar-refractivity contribution in [2.75, 3.05) is 7.05 Å². The molecular formula is C29H48BN3O3. The molecule has 1 N–H and O–H groups in total. The van der Waals surface area contributed by atoms with Gasteiger partial charge in [-0.1, -0.05) is 72.1 Å². The molecule has 1 aromatic carbocycles. The van der Waals surface area contributed by atoms with E-state index in [-0.39, 0.29) is 34.4 Å². The highest BCUT2D eigenvalue weighted by atomic mass is 16.7. The molecule has 1 atom stereocenters. The number of benzene rings is 1. The van der Waals surface area contributed by atoms with Crippen LogP contribution in [0.4, 0.5) is 0 Å². The van der Waals surface area contributed by atoms with Gasteiger partial charge in [0.05, 0.1) is 17.2 Å². The number of aliphatic imine (C=N–C) groups is 2. The van der Waals surface area contributed by atoms with E-state index in [1.807, 2.05) is 6.92 Å². The Morgan fingerprint density at radius 1 is 1.08 bits per heavy atom. The van der Waals surface area contributed by atoms with E-state index in [0.29, 0.717) is 0 Å². The average Bonchev–Trinajstić information content (AvgIpc) is 3.02. The van der Waals surface area contributed by atoms with E-state index in [2.05, 4.69) is 95.8 Å². The quantitative estimate of drug-likeness (QED) is 0.213. The smallest absolute Gasteiger partial charge is 0.399 e. The number of amides is 1. The highest BCUT2D eigenvalue weighted by molar-refractivity contribution is 6.62. The van der Waals surface area contributed by atoms with Gasteiger partial charge in [-0.05, 0) is 64.1 Å². The summed E-state index contributed by atoms with van der Waals surface area (Å²) in [7, 11) is 1.22. The zero-order valence-electron chi connectivity index (χ0n) is 24.5. The lowest BCUT2D eigenvalue weighted by Crippen LogP contribution is -2.41. The fourth-order valence-corrected chi connectivity index (χ4v) is 4.05. The Hall–Kier alpha value is -1.99. The molecule has 2 rings (SSSR count). The highest BCUT2D eigenvalue weighted by Gasteiger charge is 2.51. The zero-order valence-corrected chi connectivity index (χ0v) is 24.5. The molecule has 1 saturated heterocycles. The van der Waals surface area contributed by atoms with Crippen LogP contribution in [0.1, 0.15) is 112 Å². The van der Waals surface area contributed by atoms with Crippen molar-refractivity contribution in [3.05, 3.63) is 29.3 Å². The van der Waals surface area contributed by atoms with Gasteiger partial charge in [0.1, 0.15) is 0 Å². The van der Waals surface area contributed by atoms with Crippen LogP contribution in [0.3, 0.4) is 0 Å². The SMILES string of the molecule is CCCCCC(NC(=O)C(=NC)N=C(C)C(C)(C)C)c1ccc(B2OC(C)(C)C(C)(C)O2)cc1CC. The first-order valence-corrected chi connectivity index (χ1v) is 13.5. The first-order valence-electron chi connectivity index (χ1n) is 13.5. The number of amidine groups is 1. The van der Waals surface area contributed by atoms with Crippen LogP contribution < -0.4 is 10.8 Å². The maximum Gasteiger partial charge on any atom is 0.494 e. The Morgan fingerprint density at radius 2 is 1.69 bits per heavy atom. The summed E-state index contributed by atoms with van der Waals surface area (Å²) in [6.07, 6.45) is 4.99. The number of carbonyl (C=O) groups is 1. The largest absolute Gasteiger partial charge is 0.494 e. The molecule has 1 heterocycles. The van der Waals surface area contributed by atoms with E-state index < -0.39 is 7.12 Å². The van der Waals surface area contributed by atoms with E-state index in [0.717, 1.165) is 48.8 Å². The van der Waals surface area contributed by atoms with E-state index >= 15 is 0 Å². The fraction of sp³-hybridized carbons (Fsp3) is 0.690. The summed E-state index contributed by atoms with van der Waals surface area (Å²) in [4.78, 5) is 22.1. The van der Waals surface area contributed by atoms with Crippen LogP contribution in [-0.4, -0.2) is 42.8 Å². The highest BCUT2D eigenvalue weighted by Crippen LogP contribution is 2.36. The van der Waals surface area contributed by atoms with E-state index in [9.17, 15) is 4.79 Å². The monoisotopic (exact) mass is 497 g/mol. The van der Waals surface area contributed by atoms with E-state index in [4.69, 9.17) is 9.31 Å². The fourth-order valence-electron chi connectivity index (χ4n) is 4.05. The molecule has 0 aromatic heterocycles. The third-order valence-corrected chi connectivity index (χ3v) is 7.62. The molecule has 1 unspecified atom stereocenters. The molecule has 0 spiro atoms. The Labute approximate surface area is 219 Å². The predicted molar refractivity (Wildman–Crippen MR) is 152 cm³/mol.